The Labute approximate surface area is 217 Å². The van der Waals surface area contributed by atoms with Gasteiger partial charge in [0.2, 0.25) is 0 Å². The van der Waals surface area contributed by atoms with Gasteiger partial charge in [-0.25, -0.2) is 9.97 Å². The van der Waals surface area contributed by atoms with Gasteiger partial charge in [0.05, 0.1) is 11.2 Å². The number of nitrogens with two attached hydrogens (primary N) is 1. The fourth-order valence-electron chi connectivity index (χ4n) is 5.33. The molecule has 11 heteroatoms. The number of pyridine rings is 1. The summed E-state index contributed by atoms with van der Waals surface area (Å²) in [6.07, 6.45) is 1.12. The predicted octanol–water partition coefficient (Wildman–Crippen LogP) is 4.50. The zero-order valence-electron chi connectivity index (χ0n) is 21.0. The second kappa shape index (κ2) is 9.30. The molecule has 2 N–H and O–H groups in total. The van der Waals surface area contributed by atoms with Crippen molar-refractivity contribution in [3.8, 4) is 17.3 Å². The molecule has 3 aromatic heterocycles. The Hall–Kier alpha value is -3.60. The van der Waals surface area contributed by atoms with Gasteiger partial charge < -0.3 is 24.5 Å². The lowest BCUT2D eigenvalue weighted by Crippen LogP contribution is -2.45. The van der Waals surface area contributed by atoms with Crippen molar-refractivity contribution >= 4 is 28.0 Å². The molecule has 0 unspecified atom stereocenters. The van der Waals surface area contributed by atoms with Crippen molar-refractivity contribution in [2.24, 2.45) is 18.7 Å². The maximum atomic E-state index is 13.3. The van der Waals surface area contributed by atoms with E-state index >= 15 is 0 Å². The molecular formula is C27H29F3N6O2. The molecular weight excluding hydrogens is 497 g/mol. The number of aryl methyl sites for hydroxylation is 1. The lowest BCUT2D eigenvalue weighted by Gasteiger charge is -2.31. The van der Waals surface area contributed by atoms with E-state index in [1.54, 1.807) is 28.8 Å². The number of imidazole rings is 1. The lowest BCUT2D eigenvalue weighted by molar-refractivity contribution is -0.153. The molecule has 1 saturated heterocycles. The maximum Gasteiger partial charge on any atom is 0.422 e. The number of likely N-dealkylation sites (tertiary alicyclic amines) is 1. The average Bonchev–Trinajstić information content (AvgIpc) is 3.55. The van der Waals surface area contributed by atoms with Gasteiger partial charge >= 0.3 is 6.18 Å². The second-order valence-corrected chi connectivity index (χ2v) is 10.4. The monoisotopic (exact) mass is 526 g/mol. The minimum absolute atomic E-state index is 0.0336. The van der Waals surface area contributed by atoms with Crippen molar-refractivity contribution in [2.45, 2.75) is 44.4 Å². The zero-order valence-corrected chi connectivity index (χ0v) is 21.0. The SMILES string of the molecule is Cn1c(-c2cc3cccnc3n2CC2CC2)nc2cc(C(=O)N3CCC[C@@H](N)C3)cc(OCC(F)(F)F)c21. The first-order chi connectivity index (χ1) is 18.2. The van der Waals surface area contributed by atoms with E-state index in [1.165, 1.54) is 6.07 Å². The van der Waals surface area contributed by atoms with E-state index in [2.05, 4.69) is 9.55 Å². The van der Waals surface area contributed by atoms with Crippen LogP contribution in [0.3, 0.4) is 0 Å². The van der Waals surface area contributed by atoms with Crippen LogP contribution in [0.15, 0.2) is 36.5 Å². The van der Waals surface area contributed by atoms with E-state index < -0.39 is 12.8 Å². The number of hydrogen-bond acceptors (Lipinski definition) is 5. The summed E-state index contributed by atoms with van der Waals surface area (Å²) in [7, 11) is 1.75. The standard InChI is InChI=1S/C27H29F3N6O2/c1-34-23-20(33-25(34)21-11-17-4-2-8-32-24(17)36(21)13-16-6-7-16)10-18(12-22(23)38-15-27(28,29)30)26(37)35-9-3-5-19(31)14-35/h2,4,8,10-12,16,19H,3,5-7,9,13-15,31H2,1H3/t19-/m1/s1. The number of carbonyl (C=O) groups is 1. The molecule has 1 saturated carbocycles. The van der Waals surface area contributed by atoms with Crippen LogP contribution in [0, 0.1) is 5.92 Å². The Morgan fingerprint density at radius 2 is 2.03 bits per heavy atom. The predicted molar refractivity (Wildman–Crippen MR) is 137 cm³/mol. The summed E-state index contributed by atoms with van der Waals surface area (Å²) in [5, 5.41) is 0.959. The number of hydrogen-bond donors (Lipinski definition) is 1. The van der Waals surface area contributed by atoms with Crippen molar-refractivity contribution in [3.05, 3.63) is 42.1 Å². The molecule has 0 spiro atoms. The van der Waals surface area contributed by atoms with E-state index in [4.69, 9.17) is 15.5 Å². The number of piperidine rings is 1. The van der Waals surface area contributed by atoms with Crippen LogP contribution in [0.5, 0.6) is 5.75 Å². The maximum absolute atomic E-state index is 13.3. The van der Waals surface area contributed by atoms with Crippen molar-refractivity contribution in [1.29, 1.82) is 0 Å². The first-order valence-corrected chi connectivity index (χ1v) is 12.9. The summed E-state index contributed by atoms with van der Waals surface area (Å²) in [6.45, 7) is 0.262. The van der Waals surface area contributed by atoms with Gasteiger partial charge in [0.1, 0.15) is 16.9 Å². The number of halogens is 3. The van der Waals surface area contributed by atoms with E-state index in [9.17, 15) is 18.0 Å². The molecule has 200 valence electrons. The number of amides is 1. The highest BCUT2D eigenvalue weighted by Crippen LogP contribution is 2.38. The van der Waals surface area contributed by atoms with Crippen LogP contribution < -0.4 is 10.5 Å². The molecule has 2 fully saturated rings. The topological polar surface area (TPSA) is 91.2 Å². The molecule has 0 radical (unpaired) electrons. The first-order valence-electron chi connectivity index (χ1n) is 12.9. The summed E-state index contributed by atoms with van der Waals surface area (Å²) < 4.78 is 48.6. The van der Waals surface area contributed by atoms with Gasteiger partial charge in [-0.05, 0) is 61.9 Å². The summed E-state index contributed by atoms with van der Waals surface area (Å²) in [6, 6.07) is 8.76. The summed E-state index contributed by atoms with van der Waals surface area (Å²) in [4.78, 5) is 24.4. The lowest BCUT2D eigenvalue weighted by atomic mass is 10.0. The smallest absolute Gasteiger partial charge is 0.422 e. The summed E-state index contributed by atoms with van der Waals surface area (Å²) >= 11 is 0. The molecule has 4 heterocycles. The number of ether oxygens (including phenoxy) is 1. The van der Waals surface area contributed by atoms with Crippen LogP contribution in [0.25, 0.3) is 33.6 Å². The molecule has 38 heavy (non-hydrogen) atoms. The van der Waals surface area contributed by atoms with Crippen molar-refractivity contribution < 1.29 is 22.7 Å². The van der Waals surface area contributed by atoms with Crippen molar-refractivity contribution in [2.75, 3.05) is 19.7 Å². The Bertz CT molecular complexity index is 1520. The van der Waals surface area contributed by atoms with Crippen LogP contribution in [0.2, 0.25) is 0 Å². The molecule has 1 aliphatic heterocycles. The first kappa shape index (κ1) is 24.7. The Morgan fingerprint density at radius 1 is 1.21 bits per heavy atom. The molecule has 8 nitrogen and oxygen atoms in total. The third-order valence-corrected chi connectivity index (χ3v) is 7.34. The van der Waals surface area contributed by atoms with E-state index in [0.717, 1.165) is 49.0 Å². The van der Waals surface area contributed by atoms with Gasteiger partial charge in [-0.1, -0.05) is 0 Å². The minimum atomic E-state index is -4.53. The quantitative estimate of drug-likeness (QED) is 0.399. The highest BCUT2D eigenvalue weighted by atomic mass is 19.4. The van der Waals surface area contributed by atoms with Gasteiger partial charge in [0.25, 0.3) is 5.91 Å². The molecule has 1 aliphatic carbocycles. The number of alkyl halides is 3. The van der Waals surface area contributed by atoms with Crippen LogP contribution in [-0.2, 0) is 13.6 Å². The highest BCUT2D eigenvalue weighted by molar-refractivity contribution is 6.00. The number of fused-ring (bicyclic) bond motifs is 2. The summed E-state index contributed by atoms with van der Waals surface area (Å²) in [5.41, 5.74) is 8.74. The van der Waals surface area contributed by atoms with Crippen molar-refractivity contribution in [3.63, 3.8) is 0 Å². The normalized spacial score (nSPS) is 18.4. The van der Waals surface area contributed by atoms with Crippen LogP contribution in [0.4, 0.5) is 13.2 Å². The average molecular weight is 527 g/mol. The summed E-state index contributed by atoms with van der Waals surface area (Å²) in [5.74, 6) is 0.804. The third-order valence-electron chi connectivity index (χ3n) is 7.34. The zero-order chi connectivity index (χ0) is 26.6. The van der Waals surface area contributed by atoms with E-state index in [1.807, 2.05) is 18.2 Å². The second-order valence-electron chi connectivity index (χ2n) is 10.4. The van der Waals surface area contributed by atoms with E-state index in [0.29, 0.717) is 35.9 Å². The number of benzene rings is 1. The molecule has 1 atom stereocenters. The van der Waals surface area contributed by atoms with Crippen LogP contribution in [0.1, 0.15) is 36.0 Å². The molecule has 2 aliphatic rings. The van der Waals surface area contributed by atoms with Crippen LogP contribution >= 0.6 is 0 Å². The Kier molecular flexibility index (Phi) is 6.05. The van der Waals surface area contributed by atoms with Gasteiger partial charge in [0, 0.05) is 49.9 Å². The fourth-order valence-corrected chi connectivity index (χ4v) is 5.33. The molecule has 6 rings (SSSR count). The number of carbonyl (C=O) groups excluding carboxylic acids is 1. The number of nitrogens with zero attached hydrogens (tertiary/aromatic N) is 5. The van der Waals surface area contributed by atoms with Gasteiger partial charge in [-0.3, -0.25) is 4.79 Å². The highest BCUT2D eigenvalue weighted by Gasteiger charge is 2.31. The van der Waals surface area contributed by atoms with E-state index in [-0.39, 0.29) is 23.3 Å². The fraction of sp³-hybridized carbons (Fsp3) is 0.444. The molecule has 1 aromatic carbocycles. The van der Waals surface area contributed by atoms with Gasteiger partial charge in [-0.15, -0.1) is 0 Å². The Balaban J connectivity index is 1.48. The molecule has 0 bridgehead atoms. The molecule has 4 aromatic rings. The third kappa shape index (κ3) is 4.70. The van der Waals surface area contributed by atoms with Crippen molar-refractivity contribution in [1.82, 2.24) is 24.0 Å². The van der Waals surface area contributed by atoms with Crippen LogP contribution in [-0.4, -0.2) is 61.8 Å². The Morgan fingerprint density at radius 3 is 2.76 bits per heavy atom. The number of aromatic nitrogens is 4. The van der Waals surface area contributed by atoms with Gasteiger partial charge in [0.15, 0.2) is 12.4 Å². The number of rotatable bonds is 6. The van der Waals surface area contributed by atoms with Gasteiger partial charge in [-0.2, -0.15) is 13.2 Å². The largest absolute Gasteiger partial charge is 0.482 e. The minimum Gasteiger partial charge on any atom is -0.482 e. The molecule has 1 amide bonds.